The minimum Gasteiger partial charge on any atom is -0.301 e. The summed E-state index contributed by atoms with van der Waals surface area (Å²) in [6.45, 7) is 7.39. The summed E-state index contributed by atoms with van der Waals surface area (Å²) in [4.78, 5) is 0. The molecule has 3 nitrogen and oxygen atoms in total. The summed E-state index contributed by atoms with van der Waals surface area (Å²) in [7, 11) is 0. The van der Waals surface area contributed by atoms with Crippen molar-refractivity contribution in [2.24, 2.45) is 5.92 Å². The zero-order valence-corrected chi connectivity index (χ0v) is 9.67. The topological polar surface area (TPSA) is 30.7 Å². The Kier molecular flexibility index (Phi) is 2.30. The molecule has 0 N–H and O–H groups in total. The van der Waals surface area contributed by atoms with Crippen LogP contribution in [-0.4, -0.2) is 14.8 Å². The molecule has 0 atom stereocenters. The molecule has 0 amide bonds. The van der Waals surface area contributed by atoms with Crippen molar-refractivity contribution in [3.63, 3.8) is 0 Å². The van der Waals surface area contributed by atoms with E-state index in [0.717, 1.165) is 18.3 Å². The van der Waals surface area contributed by atoms with E-state index < -0.39 is 0 Å². The molecule has 1 heterocycles. The average Bonchev–Trinajstić information content (AvgIpc) is 2.76. The van der Waals surface area contributed by atoms with Gasteiger partial charge in [0.15, 0.2) is 0 Å². The van der Waals surface area contributed by atoms with Gasteiger partial charge in [-0.3, -0.25) is 0 Å². The predicted molar refractivity (Wildman–Crippen MR) is 56.5 cm³/mol. The van der Waals surface area contributed by atoms with E-state index in [9.17, 15) is 0 Å². The highest BCUT2D eigenvalue weighted by molar-refractivity contribution is 6.28. The van der Waals surface area contributed by atoms with Crippen LogP contribution in [0, 0.1) is 5.92 Å². The lowest BCUT2D eigenvalue weighted by Gasteiger charge is -2.18. The molecule has 0 spiro atoms. The van der Waals surface area contributed by atoms with Crippen molar-refractivity contribution in [2.75, 3.05) is 0 Å². The van der Waals surface area contributed by atoms with E-state index >= 15 is 0 Å². The molecule has 0 unspecified atom stereocenters. The molecular weight excluding hydrogens is 198 g/mol. The maximum atomic E-state index is 6.01. The molecule has 1 aromatic rings. The van der Waals surface area contributed by atoms with Gasteiger partial charge in [0.1, 0.15) is 5.82 Å². The highest BCUT2D eigenvalue weighted by Crippen LogP contribution is 2.33. The van der Waals surface area contributed by atoms with Gasteiger partial charge in [0, 0.05) is 12.0 Å². The van der Waals surface area contributed by atoms with Crippen LogP contribution in [-0.2, 0) is 12.0 Å². The summed E-state index contributed by atoms with van der Waals surface area (Å²) in [5.74, 6) is 1.79. The normalized spacial score (nSPS) is 17.4. The Hall–Kier alpha value is -0.570. The first-order valence-corrected chi connectivity index (χ1v) is 5.45. The van der Waals surface area contributed by atoms with Crippen LogP contribution in [0.5, 0.6) is 0 Å². The quantitative estimate of drug-likeness (QED) is 0.756. The van der Waals surface area contributed by atoms with Gasteiger partial charge in [-0.25, -0.2) is 0 Å². The zero-order chi connectivity index (χ0) is 10.3. The summed E-state index contributed by atoms with van der Waals surface area (Å²) >= 11 is 6.01. The lowest BCUT2D eigenvalue weighted by molar-refractivity contribution is 0.484. The van der Waals surface area contributed by atoms with Crippen LogP contribution in [0.4, 0.5) is 0 Å². The molecule has 1 fully saturated rings. The molecule has 0 saturated heterocycles. The van der Waals surface area contributed by atoms with Gasteiger partial charge in [-0.15, -0.1) is 10.2 Å². The van der Waals surface area contributed by atoms with E-state index in [0.29, 0.717) is 5.28 Å². The maximum absolute atomic E-state index is 6.01. The minimum atomic E-state index is 0.0228. The minimum absolute atomic E-state index is 0.0228. The molecule has 14 heavy (non-hydrogen) atoms. The molecule has 1 aromatic heterocycles. The SMILES string of the molecule is CC(C)(C)c1nnc(Cl)n1CC1CC1. The van der Waals surface area contributed by atoms with E-state index in [-0.39, 0.29) is 5.41 Å². The summed E-state index contributed by atoms with van der Waals surface area (Å²) in [6.07, 6.45) is 2.64. The van der Waals surface area contributed by atoms with Crippen LogP contribution in [0.15, 0.2) is 0 Å². The van der Waals surface area contributed by atoms with Gasteiger partial charge < -0.3 is 4.57 Å². The van der Waals surface area contributed by atoms with Crippen molar-refractivity contribution in [1.82, 2.24) is 14.8 Å². The Morgan fingerprint density at radius 1 is 1.36 bits per heavy atom. The first kappa shape index (κ1) is 9.97. The van der Waals surface area contributed by atoms with Crippen LogP contribution < -0.4 is 0 Å². The second kappa shape index (κ2) is 3.23. The number of aromatic nitrogens is 3. The van der Waals surface area contributed by atoms with Crippen LogP contribution in [0.1, 0.15) is 39.4 Å². The fourth-order valence-electron chi connectivity index (χ4n) is 1.56. The fraction of sp³-hybridized carbons (Fsp3) is 0.800. The van der Waals surface area contributed by atoms with E-state index in [4.69, 9.17) is 11.6 Å². The second-order valence-corrected chi connectivity index (χ2v) is 5.43. The molecule has 1 aliphatic carbocycles. The van der Waals surface area contributed by atoms with Gasteiger partial charge in [-0.2, -0.15) is 0 Å². The third-order valence-electron chi connectivity index (χ3n) is 2.51. The molecular formula is C10H16ClN3. The van der Waals surface area contributed by atoms with Crippen LogP contribution in [0.25, 0.3) is 0 Å². The Balaban J connectivity index is 2.29. The number of hydrogen-bond acceptors (Lipinski definition) is 2. The summed E-state index contributed by atoms with van der Waals surface area (Å²) in [6, 6.07) is 0. The lowest BCUT2D eigenvalue weighted by Crippen LogP contribution is -2.19. The van der Waals surface area contributed by atoms with E-state index in [2.05, 4.69) is 35.5 Å². The van der Waals surface area contributed by atoms with Crippen LogP contribution >= 0.6 is 11.6 Å². The highest BCUT2D eigenvalue weighted by Gasteiger charge is 2.28. The van der Waals surface area contributed by atoms with Crippen molar-refractivity contribution in [1.29, 1.82) is 0 Å². The second-order valence-electron chi connectivity index (χ2n) is 5.10. The molecule has 1 saturated carbocycles. The Morgan fingerprint density at radius 3 is 2.50 bits per heavy atom. The third-order valence-corrected chi connectivity index (χ3v) is 2.79. The van der Waals surface area contributed by atoms with Gasteiger partial charge in [0.05, 0.1) is 0 Å². The lowest BCUT2D eigenvalue weighted by atomic mass is 9.95. The Bertz CT molecular complexity index is 334. The smallest absolute Gasteiger partial charge is 0.225 e. The van der Waals surface area contributed by atoms with Crippen molar-refractivity contribution in [3.05, 3.63) is 11.1 Å². The van der Waals surface area contributed by atoms with Crippen LogP contribution in [0.2, 0.25) is 5.28 Å². The molecule has 78 valence electrons. The van der Waals surface area contributed by atoms with Crippen molar-refractivity contribution in [2.45, 2.75) is 45.6 Å². The first-order chi connectivity index (χ1) is 6.48. The van der Waals surface area contributed by atoms with Gasteiger partial charge in [-0.05, 0) is 30.4 Å². The van der Waals surface area contributed by atoms with E-state index in [1.165, 1.54) is 12.8 Å². The summed E-state index contributed by atoms with van der Waals surface area (Å²) < 4.78 is 2.05. The summed E-state index contributed by atoms with van der Waals surface area (Å²) in [5.41, 5.74) is 0.0228. The standard InChI is InChI=1S/C10H16ClN3/c1-10(2,3)8-12-13-9(11)14(8)6-7-4-5-7/h7H,4-6H2,1-3H3. The highest BCUT2D eigenvalue weighted by atomic mass is 35.5. The van der Waals surface area contributed by atoms with Crippen molar-refractivity contribution >= 4 is 11.6 Å². The van der Waals surface area contributed by atoms with Crippen molar-refractivity contribution in [3.8, 4) is 0 Å². The first-order valence-electron chi connectivity index (χ1n) is 5.07. The number of hydrogen-bond donors (Lipinski definition) is 0. The molecule has 1 aliphatic rings. The Morgan fingerprint density at radius 2 is 2.00 bits per heavy atom. The van der Waals surface area contributed by atoms with Crippen molar-refractivity contribution < 1.29 is 0 Å². The Labute approximate surface area is 89.5 Å². The largest absolute Gasteiger partial charge is 0.301 e. The third kappa shape index (κ3) is 1.92. The number of rotatable bonds is 2. The monoisotopic (exact) mass is 213 g/mol. The molecule has 4 heteroatoms. The van der Waals surface area contributed by atoms with E-state index in [1.807, 2.05) is 0 Å². The maximum Gasteiger partial charge on any atom is 0.225 e. The van der Waals surface area contributed by atoms with Crippen LogP contribution in [0.3, 0.4) is 0 Å². The average molecular weight is 214 g/mol. The fourth-order valence-corrected chi connectivity index (χ4v) is 1.75. The van der Waals surface area contributed by atoms with Gasteiger partial charge >= 0.3 is 0 Å². The molecule has 2 rings (SSSR count). The molecule has 0 bridgehead atoms. The zero-order valence-electron chi connectivity index (χ0n) is 8.92. The van der Waals surface area contributed by atoms with Gasteiger partial charge in [0.2, 0.25) is 5.28 Å². The molecule has 0 radical (unpaired) electrons. The molecule has 0 aliphatic heterocycles. The van der Waals surface area contributed by atoms with Gasteiger partial charge in [-0.1, -0.05) is 20.8 Å². The summed E-state index contributed by atoms with van der Waals surface area (Å²) in [5, 5.41) is 8.62. The number of halogens is 1. The molecule has 0 aromatic carbocycles. The van der Waals surface area contributed by atoms with Gasteiger partial charge in [0.25, 0.3) is 0 Å². The predicted octanol–water partition coefficient (Wildman–Crippen LogP) is 2.64. The van der Waals surface area contributed by atoms with E-state index in [1.54, 1.807) is 0 Å². The number of nitrogens with zero attached hydrogens (tertiary/aromatic N) is 3.